The van der Waals surface area contributed by atoms with Gasteiger partial charge in [-0.15, -0.1) is 0 Å². The lowest BCUT2D eigenvalue weighted by atomic mass is 10.1. The van der Waals surface area contributed by atoms with E-state index in [0.29, 0.717) is 51.0 Å². The predicted molar refractivity (Wildman–Crippen MR) is 107 cm³/mol. The summed E-state index contributed by atoms with van der Waals surface area (Å²) in [6, 6.07) is 11.4. The second-order valence-corrected chi connectivity index (χ2v) is 7.44. The summed E-state index contributed by atoms with van der Waals surface area (Å²) in [5.41, 5.74) is 0.955. The molecule has 0 aliphatic carbocycles. The molecule has 0 unspecified atom stereocenters. The lowest BCUT2D eigenvalue weighted by Crippen LogP contribution is -2.52. The topological polar surface area (TPSA) is 78.8 Å². The van der Waals surface area contributed by atoms with Crippen LogP contribution in [0.3, 0.4) is 0 Å². The number of aromatic nitrogens is 2. The van der Waals surface area contributed by atoms with Gasteiger partial charge in [-0.3, -0.25) is 4.79 Å². The van der Waals surface area contributed by atoms with Gasteiger partial charge in [0.2, 0.25) is 5.88 Å². The van der Waals surface area contributed by atoms with Crippen molar-refractivity contribution < 1.29 is 14.6 Å². The second kappa shape index (κ2) is 9.50. The van der Waals surface area contributed by atoms with Gasteiger partial charge in [0.15, 0.2) is 0 Å². The quantitative estimate of drug-likeness (QED) is 0.784. The number of aliphatic hydroxyl groups is 1. The van der Waals surface area contributed by atoms with Gasteiger partial charge in [-0.1, -0.05) is 44.2 Å². The Morgan fingerprint density at radius 3 is 2.54 bits per heavy atom. The average molecular weight is 384 g/mol. The van der Waals surface area contributed by atoms with Crippen LogP contribution in [-0.4, -0.2) is 64.8 Å². The highest BCUT2D eigenvalue weighted by molar-refractivity contribution is 5.81. The maximum Gasteiger partial charge on any atom is 0.251 e. The molecule has 1 aliphatic rings. The summed E-state index contributed by atoms with van der Waals surface area (Å²) >= 11 is 0. The number of carbonyl (C=O) groups excluding carboxylic acids is 1. The van der Waals surface area contributed by atoms with Crippen LogP contribution < -0.4 is 9.64 Å². The number of anilines is 1. The molecule has 3 rings (SSSR count). The number of benzene rings is 1. The van der Waals surface area contributed by atoms with Crippen molar-refractivity contribution in [1.82, 2.24) is 14.9 Å². The zero-order valence-corrected chi connectivity index (χ0v) is 16.5. The minimum absolute atomic E-state index is 0.216. The summed E-state index contributed by atoms with van der Waals surface area (Å²) in [7, 11) is 0. The molecule has 0 bridgehead atoms. The highest BCUT2D eigenvalue weighted by atomic mass is 16.5. The fraction of sp³-hybridized carbons (Fsp3) is 0.476. The van der Waals surface area contributed by atoms with Crippen molar-refractivity contribution in [2.24, 2.45) is 5.92 Å². The molecule has 1 aromatic carbocycles. The third kappa shape index (κ3) is 5.42. The van der Waals surface area contributed by atoms with E-state index in [2.05, 4.69) is 28.7 Å². The highest BCUT2D eigenvalue weighted by Gasteiger charge is 2.26. The Balaban J connectivity index is 1.52. The van der Waals surface area contributed by atoms with Crippen molar-refractivity contribution in [3.8, 4) is 5.88 Å². The maximum absolute atomic E-state index is 12.6. The monoisotopic (exact) mass is 384 g/mol. The van der Waals surface area contributed by atoms with Crippen molar-refractivity contribution in [3.05, 3.63) is 48.3 Å². The molecule has 0 radical (unpaired) electrons. The van der Waals surface area contributed by atoms with Crippen molar-refractivity contribution >= 4 is 11.7 Å². The maximum atomic E-state index is 12.6. The van der Waals surface area contributed by atoms with Crippen molar-refractivity contribution in [2.75, 3.05) is 37.7 Å². The molecule has 28 heavy (non-hydrogen) atoms. The minimum Gasteiger partial charge on any atom is -0.477 e. The first kappa shape index (κ1) is 20.1. The van der Waals surface area contributed by atoms with Crippen LogP contribution in [0, 0.1) is 5.92 Å². The summed E-state index contributed by atoms with van der Waals surface area (Å²) in [4.78, 5) is 24.9. The van der Waals surface area contributed by atoms with Gasteiger partial charge >= 0.3 is 0 Å². The van der Waals surface area contributed by atoms with Crippen LogP contribution in [0.2, 0.25) is 0 Å². The van der Waals surface area contributed by atoms with Crippen LogP contribution >= 0.6 is 0 Å². The van der Waals surface area contributed by atoms with Crippen molar-refractivity contribution in [1.29, 1.82) is 0 Å². The second-order valence-electron chi connectivity index (χ2n) is 7.44. The van der Waals surface area contributed by atoms with Crippen molar-refractivity contribution in [2.45, 2.75) is 26.4 Å². The molecule has 1 aromatic heterocycles. The number of hydrogen-bond acceptors (Lipinski definition) is 6. The van der Waals surface area contributed by atoms with Gasteiger partial charge in [0.1, 0.15) is 18.2 Å². The number of carbonyl (C=O) groups is 1. The van der Waals surface area contributed by atoms with E-state index in [4.69, 9.17) is 4.74 Å². The van der Waals surface area contributed by atoms with E-state index in [1.165, 1.54) is 6.33 Å². The molecule has 0 spiro atoms. The van der Waals surface area contributed by atoms with Crippen LogP contribution in [0.5, 0.6) is 5.88 Å². The first-order valence-electron chi connectivity index (χ1n) is 9.73. The standard InChI is InChI=1S/C21H28N4O3/c1-16(2)14-28-20-13-19(22-15-23-20)24-8-10-25(11-9-24)21(27)18(26)12-17-6-4-3-5-7-17/h3-7,13,15-16,18,26H,8-12,14H2,1-2H3/t18-/m0/s1. The van der Waals surface area contributed by atoms with Gasteiger partial charge in [-0.25, -0.2) is 9.97 Å². The number of ether oxygens (including phenoxy) is 1. The predicted octanol–water partition coefficient (Wildman–Crippen LogP) is 1.76. The number of aliphatic hydroxyl groups excluding tert-OH is 1. The fourth-order valence-corrected chi connectivity index (χ4v) is 3.13. The van der Waals surface area contributed by atoms with E-state index >= 15 is 0 Å². The molecule has 150 valence electrons. The van der Waals surface area contributed by atoms with E-state index < -0.39 is 6.10 Å². The lowest BCUT2D eigenvalue weighted by molar-refractivity contribution is -0.140. The molecule has 1 atom stereocenters. The number of amides is 1. The van der Waals surface area contributed by atoms with Gasteiger partial charge in [0, 0.05) is 38.7 Å². The van der Waals surface area contributed by atoms with E-state index in [1.807, 2.05) is 36.4 Å². The van der Waals surface area contributed by atoms with Gasteiger partial charge in [0.25, 0.3) is 5.91 Å². The lowest BCUT2D eigenvalue weighted by Gasteiger charge is -2.36. The van der Waals surface area contributed by atoms with Crippen LogP contribution in [0.25, 0.3) is 0 Å². The Morgan fingerprint density at radius 1 is 1.14 bits per heavy atom. The summed E-state index contributed by atoms with van der Waals surface area (Å²) in [5.74, 6) is 1.57. The molecular weight excluding hydrogens is 356 g/mol. The number of rotatable bonds is 7. The first-order chi connectivity index (χ1) is 13.5. The average Bonchev–Trinajstić information content (AvgIpc) is 2.73. The zero-order chi connectivity index (χ0) is 19.9. The van der Waals surface area contributed by atoms with Gasteiger partial charge < -0.3 is 19.6 Å². The third-order valence-electron chi connectivity index (χ3n) is 4.66. The largest absolute Gasteiger partial charge is 0.477 e. The smallest absolute Gasteiger partial charge is 0.251 e. The first-order valence-corrected chi connectivity index (χ1v) is 9.73. The van der Waals surface area contributed by atoms with Gasteiger partial charge in [0.05, 0.1) is 6.61 Å². The molecule has 2 aromatic rings. The van der Waals surface area contributed by atoms with E-state index in [-0.39, 0.29) is 5.91 Å². The Hall–Kier alpha value is -2.67. The minimum atomic E-state index is -1.01. The van der Waals surface area contributed by atoms with Crippen LogP contribution in [-0.2, 0) is 11.2 Å². The third-order valence-corrected chi connectivity index (χ3v) is 4.66. The Kier molecular flexibility index (Phi) is 6.81. The van der Waals surface area contributed by atoms with E-state index in [0.717, 1.165) is 11.4 Å². The molecule has 1 amide bonds. The molecule has 1 saturated heterocycles. The summed E-state index contributed by atoms with van der Waals surface area (Å²) < 4.78 is 5.67. The molecular formula is C21H28N4O3. The summed E-state index contributed by atoms with van der Waals surface area (Å²) in [6.45, 7) is 7.20. The van der Waals surface area contributed by atoms with Crippen LogP contribution in [0.4, 0.5) is 5.82 Å². The normalized spacial score (nSPS) is 15.6. The van der Waals surface area contributed by atoms with Crippen molar-refractivity contribution in [3.63, 3.8) is 0 Å². The van der Waals surface area contributed by atoms with Gasteiger partial charge in [-0.05, 0) is 11.5 Å². The Morgan fingerprint density at radius 2 is 1.86 bits per heavy atom. The summed E-state index contributed by atoms with van der Waals surface area (Å²) in [5, 5.41) is 10.3. The molecule has 1 N–H and O–H groups in total. The number of piperazine rings is 1. The Bertz CT molecular complexity index is 761. The molecule has 1 aliphatic heterocycles. The molecule has 1 fully saturated rings. The molecule has 7 heteroatoms. The molecule has 0 saturated carbocycles. The van der Waals surface area contributed by atoms with Crippen LogP contribution in [0.15, 0.2) is 42.7 Å². The zero-order valence-electron chi connectivity index (χ0n) is 16.5. The number of nitrogens with zero attached hydrogens (tertiary/aromatic N) is 4. The fourth-order valence-electron chi connectivity index (χ4n) is 3.13. The van der Waals surface area contributed by atoms with E-state index in [9.17, 15) is 9.90 Å². The van der Waals surface area contributed by atoms with Gasteiger partial charge in [-0.2, -0.15) is 0 Å². The van der Waals surface area contributed by atoms with E-state index in [1.54, 1.807) is 4.90 Å². The highest BCUT2D eigenvalue weighted by Crippen LogP contribution is 2.18. The number of hydrogen-bond donors (Lipinski definition) is 1. The van der Waals surface area contributed by atoms with Crippen LogP contribution in [0.1, 0.15) is 19.4 Å². The molecule has 7 nitrogen and oxygen atoms in total. The Labute approximate surface area is 166 Å². The SMILES string of the molecule is CC(C)COc1cc(N2CCN(C(=O)[C@@H](O)Cc3ccccc3)CC2)ncn1. The molecule has 2 heterocycles. The summed E-state index contributed by atoms with van der Waals surface area (Å²) in [6.07, 6.45) is 0.832.